The molecule has 6 heteroatoms. The smallest absolute Gasteiger partial charge is 0.146 e. The van der Waals surface area contributed by atoms with E-state index in [9.17, 15) is 5.26 Å². The van der Waals surface area contributed by atoms with Crippen LogP contribution in [-0.4, -0.2) is 27.9 Å². The normalized spacial score (nSPS) is 16.0. The Hall–Kier alpha value is -1.87. The van der Waals surface area contributed by atoms with E-state index in [0.717, 1.165) is 41.8 Å². The first-order chi connectivity index (χ1) is 10.2. The van der Waals surface area contributed by atoms with Crippen LogP contribution >= 0.6 is 15.9 Å². The van der Waals surface area contributed by atoms with Crippen molar-refractivity contribution in [2.45, 2.75) is 25.8 Å². The minimum Gasteiger partial charge on any atom is -0.355 e. The molecule has 1 aliphatic heterocycles. The molecule has 0 aliphatic carbocycles. The van der Waals surface area contributed by atoms with Gasteiger partial charge in [0, 0.05) is 25.5 Å². The number of rotatable bonds is 2. The molecular weight excluding hydrogens is 330 g/mol. The van der Waals surface area contributed by atoms with Crippen molar-refractivity contribution in [3.63, 3.8) is 0 Å². The summed E-state index contributed by atoms with van der Waals surface area (Å²) >= 11 is 3.43. The highest BCUT2D eigenvalue weighted by Crippen LogP contribution is 2.28. The zero-order valence-electron chi connectivity index (χ0n) is 11.8. The van der Waals surface area contributed by atoms with E-state index in [4.69, 9.17) is 0 Å². The number of pyridine rings is 1. The van der Waals surface area contributed by atoms with Crippen molar-refractivity contribution in [2.24, 2.45) is 0 Å². The molecule has 1 saturated heterocycles. The Bertz CT molecular complexity index is 680. The second kappa shape index (κ2) is 5.86. The zero-order valence-corrected chi connectivity index (χ0v) is 13.4. The van der Waals surface area contributed by atoms with Crippen LogP contribution in [0.3, 0.4) is 0 Å². The quantitative estimate of drug-likeness (QED) is 0.839. The van der Waals surface area contributed by atoms with Gasteiger partial charge in [-0.3, -0.25) is 4.68 Å². The number of aromatic nitrogens is 3. The van der Waals surface area contributed by atoms with E-state index in [1.807, 2.05) is 30.1 Å². The van der Waals surface area contributed by atoms with E-state index < -0.39 is 0 Å². The van der Waals surface area contributed by atoms with Crippen LogP contribution in [0.5, 0.6) is 0 Å². The molecule has 1 fully saturated rings. The highest BCUT2D eigenvalue weighted by Gasteiger charge is 2.24. The van der Waals surface area contributed by atoms with Gasteiger partial charge in [0.15, 0.2) is 0 Å². The first-order valence-electron chi connectivity index (χ1n) is 6.99. The summed E-state index contributed by atoms with van der Waals surface area (Å²) in [6.07, 6.45) is 7.64. The lowest BCUT2D eigenvalue weighted by Gasteiger charge is -2.33. The van der Waals surface area contributed by atoms with Gasteiger partial charge in [-0.2, -0.15) is 10.4 Å². The lowest BCUT2D eigenvalue weighted by molar-refractivity contribution is 0.365. The van der Waals surface area contributed by atoms with Crippen LogP contribution in [0.15, 0.2) is 29.1 Å². The van der Waals surface area contributed by atoms with E-state index in [2.05, 4.69) is 37.0 Å². The first kappa shape index (κ1) is 14.1. The van der Waals surface area contributed by atoms with Crippen LogP contribution in [0.1, 0.15) is 30.0 Å². The Morgan fingerprint density at radius 2 is 2.14 bits per heavy atom. The average Bonchev–Trinajstić information content (AvgIpc) is 2.94. The molecule has 0 aromatic carbocycles. The molecule has 21 heavy (non-hydrogen) atoms. The van der Waals surface area contributed by atoms with E-state index in [-0.39, 0.29) is 0 Å². The highest BCUT2D eigenvalue weighted by atomic mass is 79.9. The van der Waals surface area contributed by atoms with Gasteiger partial charge in [0.25, 0.3) is 0 Å². The van der Waals surface area contributed by atoms with E-state index >= 15 is 0 Å². The fourth-order valence-corrected chi connectivity index (χ4v) is 3.08. The largest absolute Gasteiger partial charge is 0.355 e. The van der Waals surface area contributed by atoms with Crippen LogP contribution < -0.4 is 4.90 Å². The van der Waals surface area contributed by atoms with Gasteiger partial charge in [-0.25, -0.2) is 4.98 Å². The van der Waals surface area contributed by atoms with Crippen molar-refractivity contribution < 1.29 is 0 Å². The molecule has 108 valence electrons. The maximum absolute atomic E-state index is 9.33. The first-order valence-corrected chi connectivity index (χ1v) is 7.78. The predicted octanol–water partition coefficient (Wildman–Crippen LogP) is 3.06. The second-order valence-corrected chi connectivity index (χ2v) is 6.21. The molecule has 2 aromatic heterocycles. The van der Waals surface area contributed by atoms with Crippen molar-refractivity contribution in [1.29, 1.82) is 5.26 Å². The van der Waals surface area contributed by atoms with E-state index in [0.29, 0.717) is 11.6 Å². The SMILES string of the molecule is Cc1ccnc(N2CCC(n3cc(Br)cn3)CC2)c1C#N. The molecule has 0 N–H and O–H groups in total. The van der Waals surface area contributed by atoms with Gasteiger partial charge in [0.1, 0.15) is 11.9 Å². The second-order valence-electron chi connectivity index (χ2n) is 5.30. The third kappa shape index (κ3) is 2.79. The van der Waals surface area contributed by atoms with Crippen LogP contribution in [-0.2, 0) is 0 Å². The summed E-state index contributed by atoms with van der Waals surface area (Å²) in [6.45, 7) is 3.75. The predicted molar refractivity (Wildman–Crippen MR) is 84.1 cm³/mol. The number of hydrogen-bond donors (Lipinski definition) is 0. The highest BCUT2D eigenvalue weighted by molar-refractivity contribution is 9.10. The molecule has 0 bridgehead atoms. The third-order valence-corrected chi connectivity index (χ3v) is 4.37. The zero-order chi connectivity index (χ0) is 14.8. The monoisotopic (exact) mass is 345 g/mol. The van der Waals surface area contributed by atoms with Crippen LogP contribution in [0.4, 0.5) is 5.82 Å². The molecule has 0 radical (unpaired) electrons. The Morgan fingerprint density at radius 3 is 2.76 bits per heavy atom. The summed E-state index contributed by atoms with van der Waals surface area (Å²) < 4.78 is 3.04. The minimum atomic E-state index is 0.419. The molecule has 0 amide bonds. The lowest BCUT2D eigenvalue weighted by Crippen LogP contribution is -2.35. The number of piperidine rings is 1. The summed E-state index contributed by atoms with van der Waals surface area (Å²) in [5.41, 5.74) is 1.68. The van der Waals surface area contributed by atoms with Gasteiger partial charge in [-0.15, -0.1) is 0 Å². The maximum atomic E-state index is 9.33. The molecule has 0 unspecified atom stereocenters. The summed E-state index contributed by atoms with van der Waals surface area (Å²) in [4.78, 5) is 6.62. The van der Waals surface area contributed by atoms with Gasteiger partial charge in [-0.1, -0.05) is 0 Å². The molecule has 1 aliphatic rings. The van der Waals surface area contributed by atoms with Crippen LogP contribution in [0.25, 0.3) is 0 Å². The number of nitrogens with zero attached hydrogens (tertiary/aromatic N) is 5. The molecule has 0 spiro atoms. The van der Waals surface area contributed by atoms with E-state index in [1.54, 1.807) is 6.20 Å². The van der Waals surface area contributed by atoms with Crippen molar-refractivity contribution >= 4 is 21.7 Å². The van der Waals surface area contributed by atoms with Gasteiger partial charge < -0.3 is 4.90 Å². The molecule has 0 saturated carbocycles. The summed E-state index contributed by atoms with van der Waals surface area (Å²) in [7, 11) is 0. The van der Waals surface area contributed by atoms with Crippen molar-refractivity contribution in [1.82, 2.24) is 14.8 Å². The fraction of sp³-hybridized carbons (Fsp3) is 0.400. The van der Waals surface area contributed by atoms with Crippen LogP contribution in [0, 0.1) is 18.3 Å². The Morgan fingerprint density at radius 1 is 1.38 bits per heavy atom. The Labute approximate surface area is 132 Å². The number of hydrogen-bond acceptors (Lipinski definition) is 4. The van der Waals surface area contributed by atoms with Crippen molar-refractivity contribution in [3.05, 3.63) is 40.3 Å². The topological polar surface area (TPSA) is 57.7 Å². The summed E-state index contributed by atoms with van der Waals surface area (Å²) in [5, 5.41) is 13.7. The maximum Gasteiger partial charge on any atom is 0.146 e. The third-order valence-electron chi connectivity index (χ3n) is 3.96. The van der Waals surface area contributed by atoms with Crippen molar-refractivity contribution in [2.75, 3.05) is 18.0 Å². The Balaban J connectivity index is 1.75. The average molecular weight is 346 g/mol. The fourth-order valence-electron chi connectivity index (χ4n) is 2.78. The van der Waals surface area contributed by atoms with Gasteiger partial charge in [0.05, 0.1) is 22.3 Å². The Kier molecular flexibility index (Phi) is 3.93. The molecule has 0 atom stereocenters. The standard InChI is InChI=1S/C15H16BrN5/c1-11-2-5-18-15(14(11)8-17)20-6-3-13(4-7-20)21-10-12(16)9-19-21/h2,5,9-10,13H,3-4,6-7H2,1H3. The number of anilines is 1. The van der Waals surface area contributed by atoms with Gasteiger partial charge in [0.2, 0.25) is 0 Å². The molecular formula is C15H16BrN5. The molecule has 5 nitrogen and oxygen atoms in total. The molecule has 2 aromatic rings. The van der Waals surface area contributed by atoms with Crippen molar-refractivity contribution in [3.8, 4) is 6.07 Å². The summed E-state index contributed by atoms with van der Waals surface area (Å²) in [5.74, 6) is 0.817. The molecule has 3 rings (SSSR count). The van der Waals surface area contributed by atoms with Crippen LogP contribution in [0.2, 0.25) is 0 Å². The molecule has 3 heterocycles. The van der Waals surface area contributed by atoms with Gasteiger partial charge >= 0.3 is 0 Å². The van der Waals surface area contributed by atoms with E-state index in [1.165, 1.54) is 0 Å². The van der Waals surface area contributed by atoms with Gasteiger partial charge in [-0.05, 0) is 47.3 Å². The number of aryl methyl sites for hydroxylation is 1. The summed E-state index contributed by atoms with van der Waals surface area (Å²) in [6, 6.07) is 4.58. The number of halogens is 1. The number of nitriles is 1. The minimum absolute atomic E-state index is 0.419. The lowest BCUT2D eigenvalue weighted by atomic mass is 10.0.